The van der Waals surface area contributed by atoms with Crippen LogP contribution in [0.25, 0.3) is 0 Å². The molecule has 1 aliphatic carbocycles. The average Bonchev–Trinajstić information content (AvgIpc) is 3.06. The first kappa shape index (κ1) is 12.6. The molecule has 1 atom stereocenters. The normalized spacial score (nSPS) is 19.0. The molecule has 0 spiro atoms. The van der Waals surface area contributed by atoms with Crippen LogP contribution in [0.1, 0.15) is 57.2 Å². The summed E-state index contributed by atoms with van der Waals surface area (Å²) in [5, 5.41) is 3.67. The second-order valence-electron chi connectivity index (χ2n) is 5.64. The number of aryl methyl sites for hydroxylation is 1. The lowest BCUT2D eigenvalue weighted by atomic mass is 9.90. The molecule has 94 valence electrons. The van der Waals surface area contributed by atoms with Crippen LogP contribution in [0.15, 0.2) is 24.3 Å². The molecule has 0 radical (unpaired) electrons. The van der Waals surface area contributed by atoms with Crippen LogP contribution in [0.2, 0.25) is 0 Å². The smallest absolute Gasteiger partial charge is 0.0374 e. The molecule has 2 rings (SSSR count). The van der Waals surface area contributed by atoms with Crippen LogP contribution in [0.3, 0.4) is 0 Å². The van der Waals surface area contributed by atoms with Gasteiger partial charge in [-0.15, -0.1) is 0 Å². The summed E-state index contributed by atoms with van der Waals surface area (Å²) in [6, 6.07) is 9.71. The van der Waals surface area contributed by atoms with E-state index in [2.05, 4.69) is 50.4 Å². The molecule has 1 aliphatic rings. The summed E-state index contributed by atoms with van der Waals surface area (Å²) >= 11 is 0. The zero-order chi connectivity index (χ0) is 12.3. The van der Waals surface area contributed by atoms with Crippen molar-refractivity contribution in [1.29, 1.82) is 0 Å². The molecule has 0 saturated heterocycles. The summed E-state index contributed by atoms with van der Waals surface area (Å²) in [7, 11) is 0. The zero-order valence-electron chi connectivity index (χ0n) is 11.4. The van der Waals surface area contributed by atoms with E-state index in [9.17, 15) is 0 Å². The van der Waals surface area contributed by atoms with E-state index >= 15 is 0 Å². The molecule has 1 fully saturated rings. The Kier molecular flexibility index (Phi) is 3.88. The van der Waals surface area contributed by atoms with Gasteiger partial charge in [-0.05, 0) is 42.3 Å². The van der Waals surface area contributed by atoms with Gasteiger partial charge in [-0.1, -0.05) is 51.5 Å². The van der Waals surface area contributed by atoms with Crippen LogP contribution in [0, 0.1) is 5.41 Å². The molecule has 0 aliphatic heterocycles. The molecule has 0 bridgehead atoms. The van der Waals surface area contributed by atoms with Gasteiger partial charge in [-0.3, -0.25) is 0 Å². The van der Waals surface area contributed by atoms with Crippen molar-refractivity contribution in [3.05, 3.63) is 35.4 Å². The minimum absolute atomic E-state index is 0.501. The quantitative estimate of drug-likeness (QED) is 0.777. The van der Waals surface area contributed by atoms with E-state index < -0.39 is 0 Å². The molecule has 1 unspecified atom stereocenters. The van der Waals surface area contributed by atoms with E-state index in [0.717, 1.165) is 6.54 Å². The predicted octanol–water partition coefficient (Wildman–Crippen LogP) is 4.09. The largest absolute Gasteiger partial charge is 0.310 e. The zero-order valence-corrected chi connectivity index (χ0v) is 11.4. The highest BCUT2D eigenvalue weighted by atomic mass is 14.9. The number of hydrogen-bond acceptors (Lipinski definition) is 1. The van der Waals surface area contributed by atoms with Crippen LogP contribution in [-0.4, -0.2) is 6.54 Å². The Balaban J connectivity index is 2.20. The topological polar surface area (TPSA) is 12.0 Å². The van der Waals surface area contributed by atoms with Gasteiger partial charge in [0.15, 0.2) is 0 Å². The third-order valence-corrected chi connectivity index (χ3v) is 3.97. The monoisotopic (exact) mass is 231 g/mol. The van der Waals surface area contributed by atoms with Crippen LogP contribution < -0.4 is 5.32 Å². The molecule has 1 saturated carbocycles. The first-order valence-electron chi connectivity index (χ1n) is 7.02. The van der Waals surface area contributed by atoms with Gasteiger partial charge in [0.05, 0.1) is 0 Å². The molecule has 0 aromatic heterocycles. The van der Waals surface area contributed by atoms with Crippen molar-refractivity contribution >= 4 is 0 Å². The molecule has 1 aromatic carbocycles. The molecule has 1 N–H and O–H groups in total. The Morgan fingerprint density at radius 1 is 1.29 bits per heavy atom. The maximum atomic E-state index is 3.67. The Morgan fingerprint density at radius 3 is 2.65 bits per heavy atom. The number of rotatable bonds is 6. The van der Waals surface area contributed by atoms with Crippen LogP contribution in [0.4, 0.5) is 0 Å². The van der Waals surface area contributed by atoms with Crippen molar-refractivity contribution in [3.8, 4) is 0 Å². The summed E-state index contributed by atoms with van der Waals surface area (Å²) in [4.78, 5) is 0. The Morgan fingerprint density at radius 2 is 2.06 bits per heavy atom. The molecule has 1 nitrogen and oxygen atoms in total. The van der Waals surface area contributed by atoms with E-state index in [1.54, 1.807) is 0 Å². The van der Waals surface area contributed by atoms with Crippen LogP contribution >= 0.6 is 0 Å². The van der Waals surface area contributed by atoms with Gasteiger partial charge in [0.25, 0.3) is 0 Å². The summed E-state index contributed by atoms with van der Waals surface area (Å²) in [6.45, 7) is 7.91. The molecular formula is C16H25N. The first-order chi connectivity index (χ1) is 8.19. The fourth-order valence-corrected chi connectivity index (χ4v) is 2.67. The van der Waals surface area contributed by atoms with Gasteiger partial charge in [-0.25, -0.2) is 0 Å². The lowest BCUT2D eigenvalue weighted by molar-refractivity contribution is 0.373. The molecule has 0 amide bonds. The third-order valence-electron chi connectivity index (χ3n) is 3.97. The highest BCUT2D eigenvalue weighted by Crippen LogP contribution is 2.54. The van der Waals surface area contributed by atoms with Crippen molar-refractivity contribution in [2.45, 2.75) is 52.5 Å². The Labute approximate surface area is 106 Å². The fourth-order valence-electron chi connectivity index (χ4n) is 2.67. The molecule has 17 heavy (non-hydrogen) atoms. The standard InChI is InChI=1S/C16H25N/c1-4-7-13-8-6-9-14(12-13)15(17-5-2)16(3)10-11-16/h6,8-9,12,15,17H,4-5,7,10-11H2,1-3H3. The highest BCUT2D eigenvalue weighted by Gasteiger charge is 2.45. The maximum Gasteiger partial charge on any atom is 0.0374 e. The fraction of sp³-hybridized carbons (Fsp3) is 0.625. The first-order valence-corrected chi connectivity index (χ1v) is 7.02. The van der Waals surface area contributed by atoms with E-state index in [-0.39, 0.29) is 0 Å². The van der Waals surface area contributed by atoms with Crippen LogP contribution in [0.5, 0.6) is 0 Å². The van der Waals surface area contributed by atoms with Gasteiger partial charge in [0.2, 0.25) is 0 Å². The molecule has 0 heterocycles. The average molecular weight is 231 g/mol. The van der Waals surface area contributed by atoms with E-state index in [4.69, 9.17) is 0 Å². The minimum atomic E-state index is 0.501. The maximum absolute atomic E-state index is 3.67. The molecule has 1 aromatic rings. The van der Waals surface area contributed by atoms with E-state index in [0.29, 0.717) is 11.5 Å². The molecule has 1 heteroatoms. The number of nitrogens with one attached hydrogen (secondary N) is 1. The molecular weight excluding hydrogens is 206 g/mol. The lowest BCUT2D eigenvalue weighted by Gasteiger charge is -2.25. The Hall–Kier alpha value is -0.820. The van der Waals surface area contributed by atoms with Gasteiger partial charge in [-0.2, -0.15) is 0 Å². The van der Waals surface area contributed by atoms with Crippen molar-refractivity contribution in [3.63, 3.8) is 0 Å². The van der Waals surface area contributed by atoms with Gasteiger partial charge < -0.3 is 5.32 Å². The van der Waals surface area contributed by atoms with Gasteiger partial charge in [0.1, 0.15) is 0 Å². The van der Waals surface area contributed by atoms with Crippen molar-refractivity contribution in [2.24, 2.45) is 5.41 Å². The summed E-state index contributed by atoms with van der Waals surface area (Å²) < 4.78 is 0. The minimum Gasteiger partial charge on any atom is -0.310 e. The van der Waals surface area contributed by atoms with Crippen molar-refractivity contribution in [2.75, 3.05) is 6.54 Å². The lowest BCUT2D eigenvalue weighted by Crippen LogP contribution is -2.27. The second kappa shape index (κ2) is 5.22. The van der Waals surface area contributed by atoms with Gasteiger partial charge >= 0.3 is 0 Å². The SMILES string of the molecule is CCCc1cccc(C(NCC)C2(C)CC2)c1. The van der Waals surface area contributed by atoms with Crippen LogP contribution in [-0.2, 0) is 6.42 Å². The van der Waals surface area contributed by atoms with Crippen molar-refractivity contribution in [1.82, 2.24) is 5.32 Å². The van der Waals surface area contributed by atoms with E-state index in [1.165, 1.54) is 36.8 Å². The second-order valence-corrected chi connectivity index (χ2v) is 5.64. The van der Waals surface area contributed by atoms with Gasteiger partial charge in [0, 0.05) is 6.04 Å². The summed E-state index contributed by atoms with van der Waals surface area (Å²) in [6.07, 6.45) is 5.15. The predicted molar refractivity (Wildman–Crippen MR) is 74.2 cm³/mol. The number of hydrogen-bond donors (Lipinski definition) is 1. The number of benzene rings is 1. The van der Waals surface area contributed by atoms with Crippen molar-refractivity contribution < 1.29 is 0 Å². The highest BCUT2D eigenvalue weighted by molar-refractivity contribution is 5.29. The van der Waals surface area contributed by atoms with E-state index in [1.807, 2.05) is 0 Å². The summed E-state index contributed by atoms with van der Waals surface area (Å²) in [5.41, 5.74) is 3.47. The summed E-state index contributed by atoms with van der Waals surface area (Å²) in [5.74, 6) is 0. The Bertz CT molecular complexity index is 366. The third kappa shape index (κ3) is 2.90.